The average molecular weight is 169 g/mol. The standard InChI is InChI=1S/C10H19NO/c1-7(8(2)12)11-9-5-10(3,4)6-9/h7,9,11H,5-6H2,1-4H3/t7-/m1/s1. The molecule has 1 aliphatic rings. The summed E-state index contributed by atoms with van der Waals surface area (Å²) in [5.74, 6) is 0.236. The molecule has 1 aliphatic carbocycles. The van der Waals surface area contributed by atoms with E-state index >= 15 is 0 Å². The van der Waals surface area contributed by atoms with E-state index in [0.717, 1.165) is 0 Å². The van der Waals surface area contributed by atoms with Gasteiger partial charge in [-0.2, -0.15) is 0 Å². The number of nitrogens with one attached hydrogen (secondary N) is 1. The van der Waals surface area contributed by atoms with Gasteiger partial charge in [-0.15, -0.1) is 0 Å². The van der Waals surface area contributed by atoms with Crippen molar-refractivity contribution >= 4 is 5.78 Å². The van der Waals surface area contributed by atoms with Gasteiger partial charge in [-0.3, -0.25) is 4.79 Å². The lowest BCUT2D eigenvalue weighted by Crippen LogP contribution is -2.50. The third-order valence-electron chi connectivity index (χ3n) is 2.69. The molecule has 1 saturated carbocycles. The van der Waals surface area contributed by atoms with E-state index in [1.165, 1.54) is 12.8 Å². The molecular weight excluding hydrogens is 150 g/mol. The molecule has 2 heteroatoms. The van der Waals surface area contributed by atoms with Crippen LogP contribution in [0.3, 0.4) is 0 Å². The summed E-state index contributed by atoms with van der Waals surface area (Å²) < 4.78 is 0. The molecule has 0 amide bonds. The first-order valence-corrected chi connectivity index (χ1v) is 4.67. The summed E-state index contributed by atoms with van der Waals surface area (Å²) in [6.07, 6.45) is 2.40. The van der Waals surface area contributed by atoms with Gasteiger partial charge in [-0.1, -0.05) is 13.8 Å². The summed E-state index contributed by atoms with van der Waals surface area (Å²) in [6, 6.07) is 0.602. The molecule has 0 heterocycles. The van der Waals surface area contributed by atoms with Crippen LogP contribution in [0.5, 0.6) is 0 Å². The van der Waals surface area contributed by atoms with Gasteiger partial charge in [0.2, 0.25) is 0 Å². The van der Waals surface area contributed by atoms with Crippen LogP contribution < -0.4 is 5.32 Å². The number of hydrogen-bond donors (Lipinski definition) is 1. The highest BCUT2D eigenvalue weighted by molar-refractivity contribution is 5.80. The van der Waals surface area contributed by atoms with Gasteiger partial charge in [-0.05, 0) is 32.1 Å². The lowest BCUT2D eigenvalue weighted by atomic mass is 9.68. The monoisotopic (exact) mass is 169 g/mol. The molecule has 0 aromatic heterocycles. The van der Waals surface area contributed by atoms with Gasteiger partial charge in [-0.25, -0.2) is 0 Å². The summed E-state index contributed by atoms with van der Waals surface area (Å²) in [5, 5.41) is 3.32. The molecule has 0 aromatic rings. The molecule has 0 radical (unpaired) electrons. The van der Waals surface area contributed by atoms with Crippen molar-refractivity contribution in [3.05, 3.63) is 0 Å². The Labute approximate surface area is 74.7 Å². The Kier molecular flexibility index (Phi) is 2.57. The van der Waals surface area contributed by atoms with Crippen LogP contribution in [-0.4, -0.2) is 17.9 Å². The molecule has 12 heavy (non-hydrogen) atoms. The third kappa shape index (κ3) is 2.31. The highest BCUT2D eigenvalue weighted by atomic mass is 16.1. The molecule has 0 unspecified atom stereocenters. The number of hydrogen-bond acceptors (Lipinski definition) is 2. The predicted molar refractivity (Wildman–Crippen MR) is 50.1 cm³/mol. The number of carbonyl (C=O) groups excluding carboxylic acids is 1. The minimum Gasteiger partial charge on any atom is -0.305 e. The highest BCUT2D eigenvalue weighted by Gasteiger charge is 2.36. The molecule has 70 valence electrons. The van der Waals surface area contributed by atoms with E-state index in [0.29, 0.717) is 11.5 Å². The summed E-state index contributed by atoms with van der Waals surface area (Å²) in [6.45, 7) is 8.11. The van der Waals surface area contributed by atoms with Crippen molar-refractivity contribution in [1.82, 2.24) is 5.32 Å². The second kappa shape index (κ2) is 3.17. The molecule has 0 aromatic carbocycles. The normalized spacial score (nSPS) is 24.7. The first kappa shape index (κ1) is 9.72. The maximum atomic E-state index is 10.9. The Morgan fingerprint density at radius 2 is 2.00 bits per heavy atom. The molecule has 0 spiro atoms. The maximum Gasteiger partial charge on any atom is 0.146 e. The first-order valence-electron chi connectivity index (χ1n) is 4.67. The molecule has 0 bridgehead atoms. The van der Waals surface area contributed by atoms with Crippen molar-refractivity contribution in [2.75, 3.05) is 0 Å². The fourth-order valence-electron chi connectivity index (χ4n) is 1.86. The van der Waals surface area contributed by atoms with Crippen molar-refractivity contribution in [2.24, 2.45) is 5.41 Å². The van der Waals surface area contributed by atoms with Gasteiger partial charge in [0.05, 0.1) is 6.04 Å². The largest absolute Gasteiger partial charge is 0.305 e. The summed E-state index contributed by atoms with van der Waals surface area (Å²) in [7, 11) is 0. The fraction of sp³-hybridized carbons (Fsp3) is 0.900. The first-order chi connectivity index (χ1) is 5.41. The molecule has 1 N–H and O–H groups in total. The Morgan fingerprint density at radius 3 is 2.33 bits per heavy atom. The van der Waals surface area contributed by atoms with Gasteiger partial charge in [0.15, 0.2) is 0 Å². The Bertz CT molecular complexity index is 178. The van der Waals surface area contributed by atoms with Crippen LogP contribution in [0.25, 0.3) is 0 Å². The van der Waals surface area contributed by atoms with Crippen molar-refractivity contribution < 1.29 is 4.79 Å². The molecule has 2 nitrogen and oxygen atoms in total. The second-order valence-corrected chi connectivity index (χ2v) is 4.77. The van der Waals surface area contributed by atoms with Crippen molar-refractivity contribution in [3.63, 3.8) is 0 Å². The lowest BCUT2D eigenvalue weighted by molar-refractivity contribution is -0.119. The second-order valence-electron chi connectivity index (χ2n) is 4.77. The summed E-state index contributed by atoms with van der Waals surface area (Å²) >= 11 is 0. The summed E-state index contributed by atoms with van der Waals surface area (Å²) in [4.78, 5) is 10.9. The molecule has 1 atom stereocenters. The fourth-order valence-corrected chi connectivity index (χ4v) is 1.86. The van der Waals surface area contributed by atoms with Gasteiger partial charge < -0.3 is 5.32 Å². The van der Waals surface area contributed by atoms with Crippen LogP contribution in [0.4, 0.5) is 0 Å². The maximum absolute atomic E-state index is 10.9. The number of ketones is 1. The van der Waals surface area contributed by atoms with Crippen molar-refractivity contribution in [3.8, 4) is 0 Å². The average Bonchev–Trinajstić information content (AvgIpc) is 1.83. The van der Waals surface area contributed by atoms with E-state index in [1.54, 1.807) is 6.92 Å². The van der Waals surface area contributed by atoms with Crippen molar-refractivity contribution in [1.29, 1.82) is 0 Å². The molecule has 1 fully saturated rings. The molecule has 1 rings (SSSR count). The lowest BCUT2D eigenvalue weighted by Gasteiger charge is -2.44. The zero-order valence-electron chi connectivity index (χ0n) is 8.48. The van der Waals surface area contributed by atoms with Crippen LogP contribution in [0, 0.1) is 5.41 Å². The van der Waals surface area contributed by atoms with E-state index in [9.17, 15) is 4.79 Å². The third-order valence-corrected chi connectivity index (χ3v) is 2.69. The predicted octanol–water partition coefficient (Wildman–Crippen LogP) is 1.74. The smallest absolute Gasteiger partial charge is 0.146 e. The van der Waals surface area contributed by atoms with E-state index in [4.69, 9.17) is 0 Å². The highest BCUT2D eigenvalue weighted by Crippen LogP contribution is 2.39. The Morgan fingerprint density at radius 1 is 1.50 bits per heavy atom. The van der Waals surface area contributed by atoms with Gasteiger partial charge in [0, 0.05) is 6.04 Å². The number of rotatable bonds is 3. The van der Waals surface area contributed by atoms with E-state index < -0.39 is 0 Å². The minimum absolute atomic E-state index is 0.0334. The van der Waals surface area contributed by atoms with Crippen molar-refractivity contribution in [2.45, 2.75) is 52.6 Å². The quantitative estimate of drug-likeness (QED) is 0.697. The number of Topliss-reactive ketones (excluding diaryl/α,β-unsaturated/α-hetero) is 1. The topological polar surface area (TPSA) is 29.1 Å². The van der Waals surface area contributed by atoms with Gasteiger partial charge >= 0.3 is 0 Å². The molecule has 0 aliphatic heterocycles. The van der Waals surface area contributed by atoms with Crippen LogP contribution in [-0.2, 0) is 4.79 Å². The zero-order chi connectivity index (χ0) is 9.35. The van der Waals surface area contributed by atoms with Crippen LogP contribution in [0.2, 0.25) is 0 Å². The van der Waals surface area contributed by atoms with E-state index in [1.807, 2.05) is 6.92 Å². The minimum atomic E-state index is 0.0334. The van der Waals surface area contributed by atoms with Gasteiger partial charge in [0.1, 0.15) is 5.78 Å². The molecular formula is C10H19NO. The molecule has 0 saturated heterocycles. The Hall–Kier alpha value is -0.370. The van der Waals surface area contributed by atoms with Gasteiger partial charge in [0.25, 0.3) is 0 Å². The number of carbonyl (C=O) groups is 1. The van der Waals surface area contributed by atoms with Crippen LogP contribution in [0.15, 0.2) is 0 Å². The van der Waals surface area contributed by atoms with Crippen LogP contribution >= 0.6 is 0 Å². The Balaban J connectivity index is 2.23. The van der Waals surface area contributed by atoms with E-state index in [2.05, 4.69) is 19.2 Å². The SMILES string of the molecule is CC(=O)[C@@H](C)NC1CC(C)(C)C1. The van der Waals surface area contributed by atoms with Crippen LogP contribution in [0.1, 0.15) is 40.5 Å². The summed E-state index contributed by atoms with van der Waals surface area (Å²) in [5.41, 5.74) is 0.494. The zero-order valence-corrected chi connectivity index (χ0v) is 8.48. The van der Waals surface area contributed by atoms with E-state index in [-0.39, 0.29) is 11.8 Å².